The summed E-state index contributed by atoms with van der Waals surface area (Å²) in [5, 5.41) is 10.1. The van der Waals surface area contributed by atoms with Gasteiger partial charge in [-0.1, -0.05) is 35.9 Å². The van der Waals surface area contributed by atoms with Gasteiger partial charge in [-0.05, 0) is 80.6 Å². The molecule has 0 spiro atoms. The third-order valence-electron chi connectivity index (χ3n) is 8.36. The minimum atomic E-state index is -3.62. The van der Waals surface area contributed by atoms with Gasteiger partial charge in [0.1, 0.15) is 11.6 Å². The quantitative estimate of drug-likeness (QED) is 0.206. The number of anilines is 4. The van der Waals surface area contributed by atoms with Gasteiger partial charge in [0.25, 0.3) is 0 Å². The van der Waals surface area contributed by atoms with Gasteiger partial charge in [-0.2, -0.15) is 9.29 Å². The van der Waals surface area contributed by atoms with Crippen LogP contribution < -0.4 is 20.7 Å². The van der Waals surface area contributed by atoms with Crippen LogP contribution in [0.1, 0.15) is 42.4 Å². The van der Waals surface area contributed by atoms with E-state index in [0.717, 1.165) is 56.7 Å². The summed E-state index contributed by atoms with van der Waals surface area (Å²) >= 11 is 0. The zero-order valence-corrected chi connectivity index (χ0v) is 25.4. The fourth-order valence-corrected chi connectivity index (χ4v) is 7.21. The van der Waals surface area contributed by atoms with E-state index in [1.165, 1.54) is 16.7 Å². The number of nitrogens with one attached hydrogen (secondary N) is 3. The summed E-state index contributed by atoms with van der Waals surface area (Å²) in [6.07, 6.45) is 6.15. The Balaban J connectivity index is 1.02. The Hall–Kier alpha value is -3.99. The Morgan fingerprint density at radius 3 is 2.40 bits per heavy atom. The maximum atomic E-state index is 13.5. The number of hydrogen-bond donors (Lipinski definition) is 3. The minimum Gasteiger partial charge on any atom is -0.493 e. The molecule has 43 heavy (non-hydrogen) atoms. The van der Waals surface area contributed by atoms with Crippen molar-refractivity contribution in [2.75, 3.05) is 24.3 Å². The van der Waals surface area contributed by atoms with Crippen LogP contribution >= 0.6 is 0 Å². The normalized spacial score (nSPS) is 18.2. The summed E-state index contributed by atoms with van der Waals surface area (Å²) in [7, 11) is -1.93. The molecule has 0 amide bonds. The molecule has 0 atom stereocenters. The lowest BCUT2D eigenvalue weighted by Gasteiger charge is -2.34. The van der Waals surface area contributed by atoms with Crippen molar-refractivity contribution in [3.63, 3.8) is 0 Å². The van der Waals surface area contributed by atoms with E-state index in [0.29, 0.717) is 23.5 Å². The maximum absolute atomic E-state index is 13.5. The van der Waals surface area contributed by atoms with Crippen LogP contribution in [0.4, 0.5) is 23.1 Å². The summed E-state index contributed by atoms with van der Waals surface area (Å²) in [5.41, 5.74) is 5.31. The lowest BCUT2D eigenvalue weighted by molar-refractivity contribution is 0.248. The Morgan fingerprint density at radius 2 is 1.63 bits per heavy atom. The molecule has 1 saturated carbocycles. The minimum absolute atomic E-state index is 0.0256. The van der Waals surface area contributed by atoms with Gasteiger partial charge < -0.3 is 20.7 Å². The van der Waals surface area contributed by atoms with E-state index in [1.54, 1.807) is 47.9 Å². The number of ether oxygens (including phenoxy) is 1. The molecule has 2 aliphatic rings. The van der Waals surface area contributed by atoms with Crippen molar-refractivity contribution in [3.05, 3.63) is 95.7 Å². The molecule has 4 aromatic rings. The van der Waals surface area contributed by atoms with E-state index in [2.05, 4.69) is 44.1 Å². The summed E-state index contributed by atoms with van der Waals surface area (Å²) in [4.78, 5) is 9.10. The van der Waals surface area contributed by atoms with Gasteiger partial charge in [0.05, 0.1) is 11.5 Å². The largest absolute Gasteiger partial charge is 0.493 e. The average Bonchev–Trinajstić information content (AvgIpc) is 3.51. The van der Waals surface area contributed by atoms with Crippen LogP contribution in [0.5, 0.6) is 5.75 Å². The van der Waals surface area contributed by atoms with Gasteiger partial charge in [-0.3, -0.25) is 0 Å². The highest BCUT2D eigenvalue weighted by Crippen LogP contribution is 2.31. The number of nitrogens with zero attached hydrogens (tertiary/aromatic N) is 3. The molecule has 3 N–H and O–H groups in total. The van der Waals surface area contributed by atoms with Crippen LogP contribution in [-0.4, -0.2) is 48.4 Å². The molecule has 2 heterocycles. The Morgan fingerprint density at radius 1 is 0.907 bits per heavy atom. The van der Waals surface area contributed by atoms with Crippen molar-refractivity contribution >= 4 is 33.2 Å². The van der Waals surface area contributed by atoms with Gasteiger partial charge in [-0.15, -0.1) is 0 Å². The number of sulfonamides is 1. The molecule has 0 unspecified atom stereocenters. The van der Waals surface area contributed by atoms with E-state index < -0.39 is 10.0 Å². The van der Waals surface area contributed by atoms with Crippen LogP contribution in [-0.2, 0) is 23.0 Å². The molecule has 0 saturated heterocycles. The fraction of sp³-hybridized carbons (Fsp3) is 0.333. The molecular weight excluding hydrogens is 560 g/mol. The van der Waals surface area contributed by atoms with E-state index >= 15 is 0 Å². The predicted octanol–water partition coefficient (Wildman–Crippen LogP) is 5.93. The highest BCUT2D eigenvalue weighted by molar-refractivity contribution is 7.89. The molecule has 1 aliphatic carbocycles. The highest BCUT2D eigenvalue weighted by atomic mass is 32.2. The zero-order valence-electron chi connectivity index (χ0n) is 24.6. The van der Waals surface area contributed by atoms with Gasteiger partial charge in [-0.25, -0.2) is 13.4 Å². The molecule has 1 aromatic heterocycles. The number of benzene rings is 3. The first kappa shape index (κ1) is 29.1. The van der Waals surface area contributed by atoms with Crippen molar-refractivity contribution in [1.29, 1.82) is 0 Å². The standard InChI is InChI=1S/C33H38N6O3S/c1-23-6-8-27(9-7-23)36-31-18-20-34-33(38-31)37-28-12-16-30(17-13-28)43(40,41)39(2)29-14-10-26(11-15-29)35-22-25-5-3-4-24-19-21-42-32(24)25/h3-9,12-13,16-18,20,26,29,35H,10-11,14-15,19,21-22H2,1-2H3,(H2,34,36,37,38). The first-order chi connectivity index (χ1) is 20.8. The molecule has 3 aromatic carbocycles. The summed E-state index contributed by atoms with van der Waals surface area (Å²) in [6.45, 7) is 3.57. The maximum Gasteiger partial charge on any atom is 0.243 e. The van der Waals surface area contributed by atoms with Crippen molar-refractivity contribution < 1.29 is 13.2 Å². The van der Waals surface area contributed by atoms with Crippen LogP contribution in [0, 0.1) is 6.92 Å². The van der Waals surface area contributed by atoms with Gasteiger partial charge in [0.2, 0.25) is 16.0 Å². The highest BCUT2D eigenvalue weighted by Gasteiger charge is 2.31. The second-order valence-corrected chi connectivity index (χ2v) is 13.3. The zero-order chi connectivity index (χ0) is 29.8. The first-order valence-electron chi connectivity index (χ1n) is 14.8. The van der Waals surface area contributed by atoms with Crippen LogP contribution in [0.2, 0.25) is 0 Å². The second-order valence-electron chi connectivity index (χ2n) is 11.3. The first-order valence-corrected chi connectivity index (χ1v) is 16.3. The van der Waals surface area contributed by atoms with E-state index in [9.17, 15) is 8.42 Å². The predicted molar refractivity (Wildman–Crippen MR) is 170 cm³/mol. The van der Waals surface area contributed by atoms with Gasteiger partial charge in [0, 0.05) is 55.2 Å². The molecule has 10 heteroatoms. The molecule has 0 bridgehead atoms. The lowest BCUT2D eigenvalue weighted by Crippen LogP contribution is -2.43. The molecule has 224 valence electrons. The van der Waals surface area contributed by atoms with Gasteiger partial charge >= 0.3 is 0 Å². The molecule has 9 nitrogen and oxygen atoms in total. The topological polar surface area (TPSA) is 108 Å². The van der Waals surface area contributed by atoms with Crippen molar-refractivity contribution in [2.45, 2.75) is 62.6 Å². The molecule has 1 fully saturated rings. The average molecular weight is 599 g/mol. The molecular formula is C33H38N6O3S. The number of hydrogen-bond acceptors (Lipinski definition) is 8. The Labute approximate surface area is 253 Å². The lowest BCUT2D eigenvalue weighted by atomic mass is 9.91. The Bertz CT molecular complexity index is 1650. The molecule has 6 rings (SSSR count). The second kappa shape index (κ2) is 12.7. The number of aromatic nitrogens is 2. The van der Waals surface area contributed by atoms with Crippen molar-refractivity contribution in [2.24, 2.45) is 0 Å². The fourth-order valence-electron chi connectivity index (χ4n) is 5.80. The van der Waals surface area contributed by atoms with Crippen molar-refractivity contribution in [1.82, 2.24) is 19.6 Å². The number of fused-ring (bicyclic) bond motifs is 1. The van der Waals surface area contributed by atoms with Crippen molar-refractivity contribution in [3.8, 4) is 5.75 Å². The smallest absolute Gasteiger partial charge is 0.243 e. The van der Waals surface area contributed by atoms with E-state index in [1.807, 2.05) is 31.2 Å². The van der Waals surface area contributed by atoms with Gasteiger partial charge in [0.15, 0.2) is 0 Å². The number of para-hydroxylation sites is 1. The van der Waals surface area contributed by atoms with Crippen LogP contribution in [0.25, 0.3) is 0 Å². The third kappa shape index (κ3) is 6.82. The van der Waals surface area contributed by atoms with Crippen LogP contribution in [0.15, 0.2) is 83.9 Å². The van der Waals surface area contributed by atoms with E-state index in [-0.39, 0.29) is 10.9 Å². The summed E-state index contributed by atoms with van der Waals surface area (Å²) in [6, 6.07) is 23.3. The SMILES string of the molecule is Cc1ccc(Nc2ccnc(Nc3ccc(S(=O)(=O)N(C)C4CCC(NCc5cccc6c5OCC6)CC4)cc3)n2)cc1. The summed E-state index contributed by atoms with van der Waals surface area (Å²) < 4.78 is 34.4. The molecule has 0 radical (unpaired) electrons. The Kier molecular flexibility index (Phi) is 8.60. The third-order valence-corrected chi connectivity index (χ3v) is 10.3. The summed E-state index contributed by atoms with van der Waals surface area (Å²) in [5.74, 6) is 2.11. The monoisotopic (exact) mass is 598 g/mol. The number of aryl methyl sites for hydroxylation is 1. The van der Waals surface area contributed by atoms with Crippen LogP contribution in [0.3, 0.4) is 0 Å². The number of rotatable bonds is 10. The van der Waals surface area contributed by atoms with E-state index in [4.69, 9.17) is 4.74 Å². The molecule has 1 aliphatic heterocycles.